The molecule has 4 aliphatic rings. The molecular weight excluding hydrogens is 1270 g/mol. The van der Waals surface area contributed by atoms with E-state index >= 15 is 0 Å². The third-order valence-electron chi connectivity index (χ3n) is 15.0. The molecule has 0 aromatic heterocycles. The molecule has 4 rings (SSSR count). The minimum Gasteiger partial charge on any atom is -0.479 e. The molecule has 534 valence electrons. The number of aliphatic imine (C=N–C) groups is 2. The highest BCUT2D eigenvalue weighted by Gasteiger charge is 2.51. The number of azide groups is 1. The van der Waals surface area contributed by atoms with Gasteiger partial charge in [0.15, 0.2) is 48.2 Å². The first kappa shape index (κ1) is 78.8. The van der Waals surface area contributed by atoms with Gasteiger partial charge in [-0.25, -0.2) is 38.8 Å². The standard InChI is InChI=1S/C60H91N13O23/c1-33-37(70-54(61)62)29-40(52(80)86-6)90-48(33)49(42-31-88-58(84)92-42)94-46(79)21-15-11-9-12-16-26-65-44(77)25-24-39(76)36(69-45(78)20-18-28-67-73-64)23-22-35(75)19-14-10-8-13-17-27-66-56(82)95-50(43-32-89-59(85)93-43)51-47(68-34(2)74)38(30-41(91-51)53(81)87-7)71-55(63)72-57(83)96-60(3,4)5/h29-30,33,36-38,42-43,47-51H,8-28,31-32H2,1-7H3,(H,65,77)(H,66,82)(H,68,74)(H,69,78)(H4,61,62,70)(H3,63,71,72,83)/t33-,36-,37+,38+,42-,43-,47-,48-,49-,50-,51-/m1/s1. The zero-order chi connectivity index (χ0) is 70.9. The Kier molecular flexibility index (Phi) is 33.3. The first-order valence-electron chi connectivity index (χ1n) is 31.7. The number of esters is 3. The number of unbranched alkanes of at least 4 members (excludes halogenated alkanes) is 8. The van der Waals surface area contributed by atoms with Gasteiger partial charge < -0.3 is 90.6 Å². The van der Waals surface area contributed by atoms with E-state index in [9.17, 15) is 57.5 Å². The summed E-state index contributed by atoms with van der Waals surface area (Å²) in [7, 11) is 2.23. The summed E-state index contributed by atoms with van der Waals surface area (Å²) in [4.78, 5) is 164. The van der Waals surface area contributed by atoms with Crippen molar-refractivity contribution in [3.8, 4) is 0 Å². The van der Waals surface area contributed by atoms with E-state index < -0.39 is 157 Å². The van der Waals surface area contributed by atoms with Gasteiger partial charge in [-0.15, -0.1) is 0 Å². The fraction of sp³-hybridized carbons (Fsp3) is 0.700. The molecule has 0 aromatic carbocycles. The van der Waals surface area contributed by atoms with Crippen molar-refractivity contribution in [1.29, 1.82) is 0 Å². The molecule has 2 fully saturated rings. The smallest absolute Gasteiger partial charge is 0.479 e. The Morgan fingerprint density at radius 3 is 1.78 bits per heavy atom. The number of cyclic esters (lactones) is 4. The lowest BCUT2D eigenvalue weighted by atomic mass is 9.87. The van der Waals surface area contributed by atoms with Crippen molar-refractivity contribution in [2.75, 3.05) is 47.1 Å². The van der Waals surface area contributed by atoms with Crippen molar-refractivity contribution in [1.82, 2.24) is 26.6 Å². The number of rotatable bonds is 39. The number of carbonyl (C=O) groups excluding carboxylic acids is 12. The Morgan fingerprint density at radius 1 is 0.656 bits per heavy atom. The van der Waals surface area contributed by atoms with E-state index in [-0.39, 0.29) is 88.6 Å². The largest absolute Gasteiger partial charge is 0.508 e. The molecular formula is C60H91N13O23. The lowest BCUT2D eigenvalue weighted by Gasteiger charge is -2.39. The van der Waals surface area contributed by atoms with Crippen LogP contribution in [0, 0.1) is 5.92 Å². The lowest BCUT2D eigenvalue weighted by molar-refractivity contribution is -0.171. The van der Waals surface area contributed by atoms with Gasteiger partial charge >= 0.3 is 42.4 Å². The summed E-state index contributed by atoms with van der Waals surface area (Å²) < 4.78 is 58.8. The van der Waals surface area contributed by atoms with E-state index in [0.717, 1.165) is 14.2 Å². The van der Waals surface area contributed by atoms with E-state index in [1.165, 1.54) is 19.1 Å². The van der Waals surface area contributed by atoms with Crippen LogP contribution in [0.2, 0.25) is 0 Å². The second-order valence-electron chi connectivity index (χ2n) is 23.8. The fourth-order valence-electron chi connectivity index (χ4n) is 10.3. The molecule has 5 amide bonds. The first-order valence-corrected chi connectivity index (χ1v) is 31.7. The van der Waals surface area contributed by atoms with Crippen LogP contribution in [-0.2, 0) is 90.5 Å². The summed E-state index contributed by atoms with van der Waals surface area (Å²) in [5, 5.41) is 16.4. The van der Waals surface area contributed by atoms with E-state index in [1.54, 1.807) is 27.7 Å². The van der Waals surface area contributed by atoms with Crippen molar-refractivity contribution in [3.05, 3.63) is 34.1 Å². The predicted molar refractivity (Wildman–Crippen MR) is 334 cm³/mol. The highest BCUT2D eigenvalue weighted by atomic mass is 16.8. The Balaban J connectivity index is 1.19. The summed E-state index contributed by atoms with van der Waals surface area (Å²) in [5.41, 5.74) is 25.0. The highest BCUT2D eigenvalue weighted by Crippen LogP contribution is 2.34. The molecule has 0 aliphatic carbocycles. The minimum atomic E-state index is -1.56. The summed E-state index contributed by atoms with van der Waals surface area (Å²) in [5.74, 6) is -6.53. The normalized spacial score (nSPS) is 21.3. The van der Waals surface area contributed by atoms with Crippen LogP contribution in [-0.4, -0.2) is 197 Å². The summed E-state index contributed by atoms with van der Waals surface area (Å²) >= 11 is 0. The number of carbonyl (C=O) groups is 12. The first-order chi connectivity index (χ1) is 45.6. The number of hydrogen-bond acceptors (Lipinski definition) is 26. The third kappa shape index (κ3) is 28.5. The number of methoxy groups -OCH3 is 2. The molecule has 4 heterocycles. The van der Waals surface area contributed by atoms with Gasteiger partial charge in [0, 0.05) is 75.9 Å². The molecule has 0 aromatic rings. The number of nitrogens with one attached hydrogen (secondary N) is 5. The molecule has 2 saturated heterocycles. The minimum absolute atomic E-state index is 0.00497. The SMILES string of the molecule is COC(=O)C1=C[C@H](N=C(N)N)[C@@H](C)[C@H]([C@H](OC(=O)CCCCCCCNC(=O)CCC(=O)[C@@H](CCC(=O)CCCCCCCNC(=O)O[C@@H]([C@@H]2OC(C(=O)OC)=C[C@H](N=C(N)NC(=O)OC(C)(C)C)[C@H]2NC(C)=O)[C@H]2COC(=O)O2)NC(=O)CCCN=[N+]=[N-])[C@H]2COC(=O)O2)O1. The van der Waals surface area contributed by atoms with E-state index in [4.69, 9.17) is 74.8 Å². The van der Waals surface area contributed by atoms with Gasteiger partial charge in [0.25, 0.3) is 0 Å². The summed E-state index contributed by atoms with van der Waals surface area (Å²) in [6.07, 6.45) is -3.36. The number of nitrogens with two attached hydrogens (primary N) is 3. The molecule has 36 nitrogen and oxygen atoms in total. The fourth-order valence-corrected chi connectivity index (χ4v) is 10.3. The molecule has 4 aliphatic heterocycles. The van der Waals surface area contributed by atoms with Crippen LogP contribution < -0.4 is 43.8 Å². The molecule has 0 radical (unpaired) electrons. The van der Waals surface area contributed by atoms with Crippen LogP contribution in [0.3, 0.4) is 0 Å². The Morgan fingerprint density at radius 2 is 1.22 bits per heavy atom. The van der Waals surface area contributed by atoms with Crippen molar-refractivity contribution >= 4 is 83.6 Å². The Hall–Kier alpha value is -9.63. The second-order valence-corrected chi connectivity index (χ2v) is 23.8. The van der Waals surface area contributed by atoms with Crippen LogP contribution in [0.25, 0.3) is 10.4 Å². The van der Waals surface area contributed by atoms with Crippen molar-refractivity contribution in [2.24, 2.45) is 38.2 Å². The monoisotopic (exact) mass is 1360 g/mol. The number of ketones is 2. The number of amides is 5. The number of hydrogen-bond donors (Lipinski definition) is 8. The molecule has 0 bridgehead atoms. The van der Waals surface area contributed by atoms with Gasteiger partial charge in [-0.3, -0.25) is 34.1 Å². The molecule has 0 spiro atoms. The number of alkyl carbamates (subject to hydrolysis) is 2. The van der Waals surface area contributed by atoms with Gasteiger partial charge in [-0.2, -0.15) is 0 Å². The number of nitrogens with zero attached hydrogens (tertiary/aromatic N) is 5. The summed E-state index contributed by atoms with van der Waals surface area (Å²) in [6, 6.07) is -4.40. The predicted octanol–water partition coefficient (Wildman–Crippen LogP) is 3.04. The van der Waals surface area contributed by atoms with E-state index in [2.05, 4.69) is 46.6 Å². The van der Waals surface area contributed by atoms with Crippen LogP contribution in [0.15, 0.2) is 38.8 Å². The molecule has 96 heavy (non-hydrogen) atoms. The average molecular weight is 1360 g/mol. The van der Waals surface area contributed by atoms with Gasteiger partial charge in [0.05, 0.1) is 38.4 Å². The van der Waals surface area contributed by atoms with E-state index in [1.807, 2.05) is 0 Å². The zero-order valence-corrected chi connectivity index (χ0v) is 55.1. The van der Waals surface area contributed by atoms with Crippen LogP contribution in [0.4, 0.5) is 19.2 Å². The van der Waals surface area contributed by atoms with Crippen molar-refractivity contribution in [2.45, 2.75) is 217 Å². The van der Waals surface area contributed by atoms with E-state index in [0.29, 0.717) is 70.8 Å². The van der Waals surface area contributed by atoms with Crippen LogP contribution in [0.1, 0.15) is 150 Å². The van der Waals surface area contributed by atoms with Gasteiger partial charge in [-0.1, -0.05) is 50.6 Å². The van der Waals surface area contributed by atoms with Crippen LogP contribution in [0.5, 0.6) is 0 Å². The zero-order valence-electron chi connectivity index (χ0n) is 55.1. The lowest BCUT2D eigenvalue weighted by Crippen LogP contribution is -2.61. The number of Topliss-reactive ketones (excluding diaryl/α,β-unsaturated/α-hetero) is 2. The third-order valence-corrected chi connectivity index (χ3v) is 15.0. The molecule has 0 saturated carbocycles. The van der Waals surface area contributed by atoms with Crippen molar-refractivity contribution in [3.63, 3.8) is 0 Å². The Bertz CT molecular complexity index is 2910. The van der Waals surface area contributed by atoms with Gasteiger partial charge in [-0.05, 0) is 77.0 Å². The maximum absolute atomic E-state index is 13.5. The highest BCUT2D eigenvalue weighted by molar-refractivity contribution is 5.94. The molecule has 11 atom stereocenters. The average Bonchev–Trinajstić information content (AvgIpc) is 1.19. The van der Waals surface area contributed by atoms with Crippen LogP contribution >= 0.6 is 0 Å². The van der Waals surface area contributed by atoms with Crippen molar-refractivity contribution < 1.29 is 110 Å². The maximum atomic E-state index is 13.5. The molecule has 36 heteroatoms. The maximum Gasteiger partial charge on any atom is 0.508 e. The number of ether oxygens (including phenoxy) is 11. The Labute approximate surface area is 554 Å². The topological polar surface area (TPSA) is 518 Å². The number of guanidine groups is 2. The molecule has 11 N–H and O–H groups in total. The summed E-state index contributed by atoms with van der Waals surface area (Å²) in [6.45, 7) is 7.55. The second kappa shape index (κ2) is 40.6. The quantitative estimate of drug-likeness (QED) is 0.00641. The van der Waals surface area contributed by atoms with Gasteiger partial charge in [0.2, 0.25) is 29.2 Å². The van der Waals surface area contributed by atoms with Gasteiger partial charge in [0.1, 0.15) is 30.7 Å². The molecule has 0 unspecified atom stereocenters.